The SMILES string of the molecule is O=S(=O)(Oc1ccc2c3ccc(OS(=O)(=O)C(F)(F)F)cc3n(-c3cccc4ccccc34)c2c1)C(F)(F)F. The van der Waals surface area contributed by atoms with Crippen molar-refractivity contribution >= 4 is 52.8 Å². The molecular formula is C24H13F6NO6S2. The fraction of sp³-hybridized carbons (Fsp3) is 0.0833. The van der Waals surface area contributed by atoms with Gasteiger partial charge in [0.25, 0.3) is 0 Å². The highest BCUT2D eigenvalue weighted by molar-refractivity contribution is 7.88. The van der Waals surface area contributed by atoms with Crippen LogP contribution in [0.4, 0.5) is 26.3 Å². The van der Waals surface area contributed by atoms with Gasteiger partial charge in [-0.1, -0.05) is 36.4 Å². The molecule has 1 heterocycles. The van der Waals surface area contributed by atoms with Crippen LogP contribution in [0.2, 0.25) is 0 Å². The van der Waals surface area contributed by atoms with E-state index in [0.29, 0.717) is 21.8 Å². The molecule has 0 amide bonds. The summed E-state index contributed by atoms with van der Waals surface area (Å²) in [5.74, 6) is -1.36. The number of fused-ring (bicyclic) bond motifs is 4. The van der Waals surface area contributed by atoms with E-state index in [-0.39, 0.29) is 11.0 Å². The molecule has 0 fully saturated rings. The zero-order chi connectivity index (χ0) is 28.4. The van der Waals surface area contributed by atoms with E-state index in [2.05, 4.69) is 8.37 Å². The summed E-state index contributed by atoms with van der Waals surface area (Å²) in [5.41, 5.74) is -10.8. The van der Waals surface area contributed by atoms with E-state index in [1.807, 2.05) is 0 Å². The van der Waals surface area contributed by atoms with Crippen molar-refractivity contribution < 1.29 is 51.5 Å². The van der Waals surface area contributed by atoms with E-state index in [1.54, 1.807) is 42.5 Å². The van der Waals surface area contributed by atoms with E-state index in [1.165, 1.54) is 16.7 Å². The van der Waals surface area contributed by atoms with E-state index < -0.39 is 42.8 Å². The molecule has 0 N–H and O–H groups in total. The predicted molar refractivity (Wildman–Crippen MR) is 129 cm³/mol. The maximum absolute atomic E-state index is 12.9. The van der Waals surface area contributed by atoms with Crippen LogP contribution in [-0.4, -0.2) is 32.4 Å². The molecule has 0 saturated carbocycles. The van der Waals surface area contributed by atoms with Crippen LogP contribution in [0.3, 0.4) is 0 Å². The number of halogens is 6. The normalized spacial score (nSPS) is 13.3. The lowest BCUT2D eigenvalue weighted by Crippen LogP contribution is -2.28. The van der Waals surface area contributed by atoms with E-state index in [0.717, 1.165) is 29.7 Å². The molecule has 0 spiro atoms. The Morgan fingerprint density at radius 1 is 0.564 bits per heavy atom. The molecule has 204 valence electrons. The van der Waals surface area contributed by atoms with Gasteiger partial charge in [-0.25, -0.2) is 0 Å². The van der Waals surface area contributed by atoms with E-state index in [4.69, 9.17) is 0 Å². The highest BCUT2D eigenvalue weighted by atomic mass is 32.2. The highest BCUT2D eigenvalue weighted by Gasteiger charge is 2.49. The second-order valence-corrected chi connectivity index (χ2v) is 11.2. The summed E-state index contributed by atoms with van der Waals surface area (Å²) >= 11 is 0. The molecule has 1 aromatic heterocycles. The van der Waals surface area contributed by atoms with Crippen LogP contribution < -0.4 is 8.37 Å². The van der Waals surface area contributed by atoms with Crippen LogP contribution in [0, 0.1) is 0 Å². The van der Waals surface area contributed by atoms with Crippen molar-refractivity contribution in [1.29, 1.82) is 0 Å². The van der Waals surface area contributed by atoms with Gasteiger partial charge in [-0.15, -0.1) is 0 Å². The lowest BCUT2D eigenvalue weighted by atomic mass is 10.1. The molecule has 0 radical (unpaired) electrons. The molecule has 0 bridgehead atoms. The zero-order valence-electron chi connectivity index (χ0n) is 19.0. The summed E-state index contributed by atoms with van der Waals surface area (Å²) < 4.78 is 134. The Labute approximate surface area is 216 Å². The third-order valence-electron chi connectivity index (χ3n) is 5.70. The summed E-state index contributed by atoms with van der Waals surface area (Å²) in [4.78, 5) is 0. The van der Waals surface area contributed by atoms with Gasteiger partial charge in [0, 0.05) is 28.3 Å². The minimum atomic E-state index is -6.01. The fourth-order valence-corrected chi connectivity index (χ4v) is 5.00. The summed E-state index contributed by atoms with van der Waals surface area (Å²) in [7, 11) is -12.0. The summed E-state index contributed by atoms with van der Waals surface area (Å²) in [6.45, 7) is 0. The van der Waals surface area contributed by atoms with Gasteiger partial charge in [-0.2, -0.15) is 43.2 Å². The molecule has 0 unspecified atom stereocenters. The molecule has 0 saturated heterocycles. The molecule has 15 heteroatoms. The van der Waals surface area contributed by atoms with Crippen molar-refractivity contribution in [2.75, 3.05) is 0 Å². The van der Waals surface area contributed by atoms with Crippen LogP contribution in [0.15, 0.2) is 78.9 Å². The number of benzene rings is 4. The van der Waals surface area contributed by atoms with Crippen molar-refractivity contribution in [3.63, 3.8) is 0 Å². The van der Waals surface area contributed by atoms with Gasteiger partial charge in [0.1, 0.15) is 11.5 Å². The fourth-order valence-electron chi connectivity index (χ4n) is 4.09. The van der Waals surface area contributed by atoms with Gasteiger partial charge in [-0.05, 0) is 35.7 Å². The van der Waals surface area contributed by atoms with Crippen LogP contribution in [0.25, 0.3) is 38.3 Å². The predicted octanol–water partition coefficient (Wildman–Crippen LogP) is 6.39. The molecular weight excluding hydrogens is 576 g/mol. The average Bonchev–Trinajstić information content (AvgIpc) is 3.14. The van der Waals surface area contributed by atoms with Crippen LogP contribution >= 0.6 is 0 Å². The molecule has 4 aromatic carbocycles. The molecule has 5 aromatic rings. The van der Waals surface area contributed by atoms with Crippen molar-refractivity contribution in [2.45, 2.75) is 11.0 Å². The van der Waals surface area contributed by atoms with Crippen molar-refractivity contribution in [3.05, 3.63) is 78.9 Å². The molecule has 0 aliphatic carbocycles. The topological polar surface area (TPSA) is 91.7 Å². The Morgan fingerprint density at radius 3 is 1.51 bits per heavy atom. The Hall–Kier alpha value is -3.98. The average molecular weight is 589 g/mol. The Kier molecular flexibility index (Phi) is 5.99. The first-order valence-corrected chi connectivity index (χ1v) is 13.5. The molecule has 0 aliphatic heterocycles. The number of alkyl halides is 6. The quantitative estimate of drug-likeness (QED) is 0.134. The van der Waals surface area contributed by atoms with E-state index >= 15 is 0 Å². The number of hydrogen-bond donors (Lipinski definition) is 0. The maximum atomic E-state index is 12.9. The van der Waals surface area contributed by atoms with Crippen LogP contribution in [0.5, 0.6) is 11.5 Å². The first-order chi connectivity index (χ1) is 18.1. The van der Waals surface area contributed by atoms with Gasteiger partial charge in [-0.3, -0.25) is 0 Å². The Bertz CT molecular complexity index is 1870. The summed E-state index contributed by atoms with van der Waals surface area (Å²) in [6, 6.07) is 18.5. The van der Waals surface area contributed by atoms with Gasteiger partial charge in [0.2, 0.25) is 0 Å². The largest absolute Gasteiger partial charge is 0.534 e. The molecule has 0 atom stereocenters. The van der Waals surface area contributed by atoms with Gasteiger partial charge < -0.3 is 12.9 Å². The third-order valence-corrected chi connectivity index (χ3v) is 7.65. The van der Waals surface area contributed by atoms with Gasteiger partial charge in [0.05, 0.1) is 16.7 Å². The lowest BCUT2D eigenvalue weighted by Gasteiger charge is -2.13. The second-order valence-electron chi connectivity index (χ2n) is 8.16. The molecule has 7 nitrogen and oxygen atoms in total. The monoisotopic (exact) mass is 589 g/mol. The van der Waals surface area contributed by atoms with Gasteiger partial charge in [0.15, 0.2) is 0 Å². The van der Waals surface area contributed by atoms with Crippen molar-refractivity contribution in [1.82, 2.24) is 4.57 Å². The van der Waals surface area contributed by atoms with Crippen LogP contribution in [0.1, 0.15) is 0 Å². The number of nitrogens with zero attached hydrogens (tertiary/aromatic N) is 1. The van der Waals surface area contributed by atoms with Crippen molar-refractivity contribution in [3.8, 4) is 17.2 Å². The Balaban J connectivity index is 1.81. The second kappa shape index (κ2) is 8.77. The molecule has 5 rings (SSSR count). The first kappa shape index (κ1) is 26.6. The maximum Gasteiger partial charge on any atom is 0.534 e. The number of rotatable bonds is 5. The summed E-state index contributed by atoms with van der Waals surface area (Å²) in [5, 5.41) is 2.03. The minimum Gasteiger partial charge on any atom is -0.376 e. The summed E-state index contributed by atoms with van der Waals surface area (Å²) in [6.07, 6.45) is 0. The van der Waals surface area contributed by atoms with Crippen LogP contribution in [-0.2, 0) is 20.2 Å². The van der Waals surface area contributed by atoms with E-state index in [9.17, 15) is 43.2 Å². The molecule has 0 aliphatic rings. The van der Waals surface area contributed by atoms with Gasteiger partial charge >= 0.3 is 31.3 Å². The standard InChI is InChI=1S/C24H13F6NO6S2/c25-23(26,27)38(32,33)36-15-8-10-18-19-11-9-16(37-39(34,35)24(28,29)30)13-22(19)31(21(18)12-15)20-7-3-5-14-4-1-2-6-17(14)20/h1-13H. The number of hydrogen-bond acceptors (Lipinski definition) is 6. The molecule has 39 heavy (non-hydrogen) atoms. The first-order valence-electron chi connectivity index (χ1n) is 10.7. The lowest BCUT2D eigenvalue weighted by molar-refractivity contribution is -0.0504. The number of aromatic nitrogens is 1. The zero-order valence-corrected chi connectivity index (χ0v) is 20.6. The highest BCUT2D eigenvalue weighted by Crippen LogP contribution is 2.39. The van der Waals surface area contributed by atoms with Crippen molar-refractivity contribution in [2.24, 2.45) is 0 Å². The minimum absolute atomic E-state index is 0.118. The smallest absolute Gasteiger partial charge is 0.376 e. The third kappa shape index (κ3) is 4.61. The Morgan fingerprint density at radius 2 is 1.03 bits per heavy atom.